The highest BCUT2D eigenvalue weighted by Gasteiger charge is 2.35. The number of nitrogens with zero attached hydrogens (tertiary/aromatic N) is 8. The van der Waals surface area contributed by atoms with Gasteiger partial charge in [0.1, 0.15) is 0 Å². The zero-order chi connectivity index (χ0) is 46.2. The number of hydrazine groups is 2. The quantitative estimate of drug-likeness (QED) is 0.0775. The molecule has 22 nitrogen and oxygen atoms in total. The molecule has 0 amide bonds. The Bertz CT molecular complexity index is 2410. The number of nitro groups is 6. The third-order valence-electron chi connectivity index (χ3n) is 9.80. The molecule has 5 aromatic rings. The molecule has 0 spiro atoms. The molecule has 0 bridgehead atoms. The zero-order valence-electron chi connectivity index (χ0n) is 34.6. The molecule has 0 unspecified atom stereocenters. The van der Waals surface area contributed by atoms with Crippen molar-refractivity contribution in [2.75, 3.05) is 20.9 Å². The van der Waals surface area contributed by atoms with Crippen LogP contribution in [0.1, 0.15) is 63.8 Å². The SMILES string of the molecule is Cc1cc(C)c(N(Nc2c([N+](=O)[O-])cc([N+](=O)[O-])cc2[N+](=O)[O-])c2ccc(C(C)(C)C)cc2)cc1N(Nc1c([N+](=O)[O-])cc([N+](=O)[O-])cc1[N+](=O)[O-])c1ccc(C(C)(C)C)cc1. The summed E-state index contributed by atoms with van der Waals surface area (Å²) in [6.07, 6.45) is 0. The van der Waals surface area contributed by atoms with E-state index in [1.165, 1.54) is 16.1 Å². The van der Waals surface area contributed by atoms with Gasteiger partial charge < -0.3 is 0 Å². The summed E-state index contributed by atoms with van der Waals surface area (Å²) in [6, 6.07) is 19.1. The van der Waals surface area contributed by atoms with Gasteiger partial charge in [-0.2, -0.15) is 0 Å². The fourth-order valence-corrected chi connectivity index (χ4v) is 6.49. The number of rotatable bonds is 14. The van der Waals surface area contributed by atoms with Crippen molar-refractivity contribution in [2.24, 2.45) is 0 Å². The van der Waals surface area contributed by atoms with Crippen LogP contribution in [0.3, 0.4) is 0 Å². The minimum Gasteiger partial charge on any atom is -0.282 e. The topological polar surface area (TPSA) is 289 Å². The Labute approximate surface area is 352 Å². The van der Waals surface area contributed by atoms with Crippen LogP contribution in [0.15, 0.2) is 84.9 Å². The molecule has 0 aliphatic carbocycles. The minimum atomic E-state index is -1.01. The Kier molecular flexibility index (Phi) is 12.1. The maximum atomic E-state index is 12.4. The lowest BCUT2D eigenvalue weighted by Gasteiger charge is -2.32. The van der Waals surface area contributed by atoms with E-state index in [1.54, 1.807) is 68.4 Å². The van der Waals surface area contributed by atoms with Crippen LogP contribution in [0.4, 0.5) is 68.2 Å². The average molecular weight is 853 g/mol. The van der Waals surface area contributed by atoms with Crippen LogP contribution in [0, 0.1) is 74.5 Å². The van der Waals surface area contributed by atoms with E-state index in [-0.39, 0.29) is 33.6 Å². The Morgan fingerprint density at radius 3 is 0.919 bits per heavy atom. The van der Waals surface area contributed by atoms with Gasteiger partial charge in [0.15, 0.2) is 0 Å². The van der Waals surface area contributed by atoms with Crippen molar-refractivity contribution in [1.29, 1.82) is 0 Å². The fourth-order valence-electron chi connectivity index (χ4n) is 6.49. The van der Waals surface area contributed by atoms with Crippen molar-refractivity contribution in [3.8, 4) is 0 Å². The summed E-state index contributed by atoms with van der Waals surface area (Å²) in [7, 11) is 0. The number of hydrogen-bond acceptors (Lipinski definition) is 16. The Hall–Kier alpha value is -8.30. The number of hydrogen-bond donors (Lipinski definition) is 2. The lowest BCUT2D eigenvalue weighted by atomic mass is 9.87. The van der Waals surface area contributed by atoms with Crippen LogP contribution in [0.5, 0.6) is 0 Å². The number of aryl methyl sites for hydroxylation is 2. The van der Waals surface area contributed by atoms with Gasteiger partial charge >= 0.3 is 22.7 Å². The molecule has 5 aromatic carbocycles. The molecular weight excluding hydrogens is 812 g/mol. The van der Waals surface area contributed by atoms with E-state index in [1.807, 2.05) is 41.5 Å². The van der Waals surface area contributed by atoms with Crippen molar-refractivity contribution in [1.82, 2.24) is 0 Å². The molecule has 22 heteroatoms. The number of non-ortho nitro benzene ring substituents is 2. The van der Waals surface area contributed by atoms with Crippen LogP contribution < -0.4 is 20.9 Å². The highest BCUT2D eigenvalue weighted by atomic mass is 16.6. The van der Waals surface area contributed by atoms with Crippen molar-refractivity contribution >= 4 is 68.2 Å². The molecule has 0 fully saturated rings. The summed E-state index contributed by atoms with van der Waals surface area (Å²) in [6.45, 7) is 15.1. The van der Waals surface area contributed by atoms with Gasteiger partial charge in [0, 0.05) is 0 Å². The molecule has 5 rings (SSSR count). The van der Waals surface area contributed by atoms with E-state index in [4.69, 9.17) is 0 Å². The standard InChI is InChI=1S/C40H40N10O12/c1-23-17-24(2)32(44(28-15-11-26(12-16-28)40(6,7)8)42-38-35(49(59)60)20-30(46(53)54)21-36(38)50(61)62)22-31(23)43(27-13-9-25(10-14-27)39(3,4)5)41-37-33(47(55)56)18-29(45(51)52)19-34(37)48(57)58/h9-22,41-42H,1-8H3. The molecule has 0 saturated carbocycles. The number of nitrogens with one attached hydrogen (secondary N) is 2. The Morgan fingerprint density at radius 1 is 0.419 bits per heavy atom. The molecule has 2 N–H and O–H groups in total. The van der Waals surface area contributed by atoms with Crippen molar-refractivity contribution in [2.45, 2.75) is 66.2 Å². The third kappa shape index (κ3) is 9.28. The van der Waals surface area contributed by atoms with Crippen molar-refractivity contribution in [3.63, 3.8) is 0 Å². The molecule has 0 aromatic heterocycles. The second-order valence-electron chi connectivity index (χ2n) is 16.2. The predicted molar refractivity (Wildman–Crippen MR) is 231 cm³/mol. The van der Waals surface area contributed by atoms with Crippen LogP contribution in [0.25, 0.3) is 0 Å². The molecule has 0 atom stereocenters. The molecule has 0 radical (unpaired) electrons. The molecule has 0 aliphatic rings. The van der Waals surface area contributed by atoms with E-state index >= 15 is 0 Å². The predicted octanol–water partition coefficient (Wildman–Crippen LogP) is 10.7. The second kappa shape index (κ2) is 16.8. The summed E-state index contributed by atoms with van der Waals surface area (Å²) in [5.74, 6) is 0. The smallest absolute Gasteiger partial charge is 0.282 e. The molecule has 0 aliphatic heterocycles. The normalized spacial score (nSPS) is 11.4. The molecule has 0 heterocycles. The van der Waals surface area contributed by atoms with Gasteiger partial charge in [-0.25, -0.2) is 0 Å². The van der Waals surface area contributed by atoms with Crippen molar-refractivity contribution in [3.05, 3.63) is 168 Å². The van der Waals surface area contributed by atoms with Crippen LogP contribution in [-0.2, 0) is 10.8 Å². The zero-order valence-corrected chi connectivity index (χ0v) is 34.6. The van der Waals surface area contributed by atoms with E-state index in [0.717, 1.165) is 11.1 Å². The summed E-state index contributed by atoms with van der Waals surface area (Å²) in [5, 5.41) is 75.6. The van der Waals surface area contributed by atoms with Gasteiger partial charge in [0.05, 0.1) is 76.6 Å². The first-order valence-electron chi connectivity index (χ1n) is 18.5. The van der Waals surface area contributed by atoms with Crippen molar-refractivity contribution < 1.29 is 29.5 Å². The number of anilines is 6. The first-order chi connectivity index (χ1) is 28.8. The van der Waals surface area contributed by atoms with E-state index < -0.39 is 75.0 Å². The highest BCUT2D eigenvalue weighted by molar-refractivity contribution is 5.86. The monoisotopic (exact) mass is 852 g/mol. The van der Waals surface area contributed by atoms with E-state index in [0.29, 0.717) is 35.4 Å². The molecule has 62 heavy (non-hydrogen) atoms. The summed E-state index contributed by atoms with van der Waals surface area (Å²) in [5.41, 5.74) is 1.24. The molecule has 0 saturated heterocycles. The third-order valence-corrected chi connectivity index (χ3v) is 9.80. The van der Waals surface area contributed by atoms with Gasteiger partial charge in [0.2, 0.25) is 11.4 Å². The first kappa shape index (κ1) is 44.8. The van der Waals surface area contributed by atoms with Gasteiger partial charge in [-0.05, 0) is 77.3 Å². The van der Waals surface area contributed by atoms with Gasteiger partial charge in [0.25, 0.3) is 11.4 Å². The van der Waals surface area contributed by atoms with Crippen LogP contribution in [0.2, 0.25) is 0 Å². The van der Waals surface area contributed by atoms with Crippen LogP contribution >= 0.6 is 0 Å². The summed E-state index contributed by atoms with van der Waals surface area (Å²) >= 11 is 0. The van der Waals surface area contributed by atoms with Crippen LogP contribution in [-0.4, -0.2) is 29.5 Å². The lowest BCUT2D eigenvalue weighted by molar-refractivity contribution is -0.402. The Morgan fingerprint density at radius 2 is 0.694 bits per heavy atom. The molecular formula is C40H40N10O12. The van der Waals surface area contributed by atoms with Gasteiger partial charge in [-0.1, -0.05) is 71.9 Å². The second-order valence-corrected chi connectivity index (χ2v) is 16.2. The largest absolute Gasteiger partial charge is 0.308 e. The number of benzene rings is 5. The fraction of sp³-hybridized carbons (Fsp3) is 0.250. The number of nitro benzene ring substituents is 6. The lowest BCUT2D eigenvalue weighted by Crippen LogP contribution is -2.29. The summed E-state index contributed by atoms with van der Waals surface area (Å²) < 4.78 is 0. The summed E-state index contributed by atoms with van der Waals surface area (Å²) in [4.78, 5) is 67.1. The van der Waals surface area contributed by atoms with E-state index in [9.17, 15) is 60.7 Å². The molecule has 322 valence electrons. The minimum absolute atomic E-state index is 0.168. The maximum Gasteiger partial charge on any atom is 0.308 e. The first-order valence-corrected chi connectivity index (χ1v) is 18.5. The average Bonchev–Trinajstić information content (AvgIpc) is 3.18. The van der Waals surface area contributed by atoms with Gasteiger partial charge in [-0.15, -0.1) is 0 Å². The van der Waals surface area contributed by atoms with Gasteiger partial charge in [-0.3, -0.25) is 81.6 Å². The van der Waals surface area contributed by atoms with E-state index in [2.05, 4.69) is 10.9 Å². The Balaban J connectivity index is 1.85. The maximum absolute atomic E-state index is 12.4. The highest BCUT2D eigenvalue weighted by Crippen LogP contribution is 2.45.